The van der Waals surface area contributed by atoms with Crippen molar-refractivity contribution in [2.75, 3.05) is 10.6 Å². The number of carbonyl (C=O) groups excluding carboxylic acids is 3. The van der Waals surface area contributed by atoms with Crippen LogP contribution in [0.3, 0.4) is 0 Å². The van der Waals surface area contributed by atoms with Crippen LogP contribution >= 0.6 is 0 Å². The average Bonchev–Trinajstić information content (AvgIpc) is 2.68. The number of esters is 1. The highest BCUT2D eigenvalue weighted by atomic mass is 19.3. The van der Waals surface area contributed by atoms with Crippen LogP contribution in [0.15, 0.2) is 54.6 Å². The summed E-state index contributed by atoms with van der Waals surface area (Å²) in [5, 5.41) is 5.20. The first-order valence-electron chi connectivity index (χ1n) is 8.85. The number of amides is 2. The van der Waals surface area contributed by atoms with Gasteiger partial charge in [-0.3, -0.25) is 9.59 Å². The fourth-order valence-corrected chi connectivity index (χ4v) is 2.28. The van der Waals surface area contributed by atoms with E-state index in [1.54, 1.807) is 24.3 Å². The molecule has 0 spiro atoms. The highest BCUT2D eigenvalue weighted by Gasteiger charge is 2.16. The van der Waals surface area contributed by atoms with Gasteiger partial charge in [0.05, 0.1) is 0 Å². The van der Waals surface area contributed by atoms with Crippen LogP contribution in [0.5, 0.6) is 5.75 Å². The maximum atomic E-state index is 12.2. The molecule has 0 aliphatic heterocycles. The number of hydrogen-bond donors (Lipinski definition) is 2. The van der Waals surface area contributed by atoms with Crippen molar-refractivity contribution < 1.29 is 32.6 Å². The fourth-order valence-electron chi connectivity index (χ4n) is 2.28. The Balaban J connectivity index is 1.84. The molecule has 2 amide bonds. The van der Waals surface area contributed by atoms with Crippen LogP contribution in [0.4, 0.5) is 20.2 Å². The summed E-state index contributed by atoms with van der Waals surface area (Å²) in [6.07, 6.45) is 1.48. The van der Waals surface area contributed by atoms with Crippen molar-refractivity contribution in [1.82, 2.24) is 0 Å². The Morgan fingerprint density at radius 2 is 1.50 bits per heavy atom. The molecule has 2 N–H and O–H groups in total. The van der Waals surface area contributed by atoms with Gasteiger partial charge < -0.3 is 20.1 Å². The molecule has 2 aromatic carbocycles. The number of carbonyl (C=O) groups is 3. The first-order valence-corrected chi connectivity index (χ1v) is 8.85. The van der Waals surface area contributed by atoms with Crippen molar-refractivity contribution >= 4 is 35.2 Å². The van der Waals surface area contributed by atoms with Gasteiger partial charge in [0.1, 0.15) is 5.75 Å². The van der Waals surface area contributed by atoms with Crippen molar-refractivity contribution in [3.63, 3.8) is 0 Å². The minimum absolute atomic E-state index is 0.000118. The second-order valence-electron chi connectivity index (χ2n) is 6.11. The topological polar surface area (TPSA) is 93.7 Å². The van der Waals surface area contributed by atoms with E-state index in [4.69, 9.17) is 4.74 Å². The Kier molecular flexibility index (Phi) is 8.04. The molecule has 0 aromatic heterocycles. The third-order valence-electron chi connectivity index (χ3n) is 3.65. The van der Waals surface area contributed by atoms with Crippen molar-refractivity contribution in [2.24, 2.45) is 0 Å². The molecule has 0 heterocycles. The SMILES string of the molecule is CC(=O)Nc1ccc(NC(=O)C(C)OC(=O)/C=C/c2ccc(OC(F)F)cc2)cc1. The van der Waals surface area contributed by atoms with E-state index in [1.807, 2.05) is 0 Å². The second kappa shape index (κ2) is 10.7. The zero-order chi connectivity index (χ0) is 22.1. The minimum atomic E-state index is -2.91. The van der Waals surface area contributed by atoms with Gasteiger partial charge in [0.15, 0.2) is 6.10 Å². The van der Waals surface area contributed by atoms with Gasteiger partial charge in [-0.05, 0) is 55.0 Å². The summed E-state index contributed by atoms with van der Waals surface area (Å²) in [7, 11) is 0. The molecule has 158 valence electrons. The highest BCUT2D eigenvalue weighted by molar-refractivity contribution is 5.97. The van der Waals surface area contributed by atoms with E-state index in [2.05, 4.69) is 15.4 Å². The van der Waals surface area contributed by atoms with Crippen LogP contribution < -0.4 is 15.4 Å². The van der Waals surface area contributed by atoms with Gasteiger partial charge in [-0.1, -0.05) is 12.1 Å². The summed E-state index contributed by atoms with van der Waals surface area (Å²) in [4.78, 5) is 35.0. The van der Waals surface area contributed by atoms with Gasteiger partial charge in [0.25, 0.3) is 5.91 Å². The number of alkyl halides is 2. The Morgan fingerprint density at radius 1 is 0.933 bits per heavy atom. The summed E-state index contributed by atoms with van der Waals surface area (Å²) in [6, 6.07) is 12.1. The normalized spacial score (nSPS) is 11.8. The average molecular weight is 418 g/mol. The van der Waals surface area contributed by atoms with Crippen LogP contribution in [0, 0.1) is 0 Å². The molecule has 1 unspecified atom stereocenters. The number of ether oxygens (including phenoxy) is 2. The minimum Gasteiger partial charge on any atom is -0.449 e. The summed E-state index contributed by atoms with van der Waals surface area (Å²) < 4.78 is 33.5. The molecule has 1 atom stereocenters. The molecule has 9 heteroatoms. The Bertz CT molecular complexity index is 912. The Morgan fingerprint density at radius 3 is 2.03 bits per heavy atom. The Hall–Kier alpha value is -3.75. The van der Waals surface area contributed by atoms with Crippen molar-refractivity contribution in [3.8, 4) is 5.75 Å². The molecule has 2 rings (SSSR count). The number of benzene rings is 2. The second-order valence-corrected chi connectivity index (χ2v) is 6.11. The van der Waals surface area contributed by atoms with Crippen molar-refractivity contribution in [2.45, 2.75) is 26.6 Å². The zero-order valence-electron chi connectivity index (χ0n) is 16.2. The maximum absolute atomic E-state index is 12.2. The fraction of sp³-hybridized carbons (Fsp3) is 0.190. The van der Waals surface area contributed by atoms with Gasteiger partial charge in [-0.25, -0.2) is 4.79 Å². The van der Waals surface area contributed by atoms with Gasteiger partial charge >= 0.3 is 12.6 Å². The smallest absolute Gasteiger partial charge is 0.387 e. The molecule has 30 heavy (non-hydrogen) atoms. The standard InChI is InChI=1S/C21H20F2N2O5/c1-13(20(28)25-17-8-6-16(7-9-17)24-14(2)26)29-19(27)12-5-15-3-10-18(11-4-15)30-21(22)23/h3-13,21H,1-2H3,(H,24,26)(H,25,28)/b12-5+. The van der Waals surface area contributed by atoms with E-state index in [9.17, 15) is 23.2 Å². The molecule has 0 fully saturated rings. The van der Waals surface area contributed by atoms with E-state index in [0.29, 0.717) is 16.9 Å². The zero-order valence-corrected chi connectivity index (χ0v) is 16.2. The third kappa shape index (κ3) is 7.70. The molecule has 0 saturated heterocycles. The predicted molar refractivity (Wildman–Crippen MR) is 107 cm³/mol. The molecule has 0 radical (unpaired) electrons. The van der Waals surface area contributed by atoms with Crippen LogP contribution in [0.25, 0.3) is 6.08 Å². The summed E-state index contributed by atoms with van der Waals surface area (Å²) in [5.74, 6) is -1.48. The number of hydrogen-bond acceptors (Lipinski definition) is 5. The molecule has 7 nitrogen and oxygen atoms in total. The number of nitrogens with one attached hydrogen (secondary N) is 2. The van der Waals surface area contributed by atoms with Crippen LogP contribution in [-0.2, 0) is 19.1 Å². The van der Waals surface area contributed by atoms with Crippen molar-refractivity contribution in [1.29, 1.82) is 0 Å². The van der Waals surface area contributed by atoms with Gasteiger partial charge in [-0.15, -0.1) is 0 Å². The molecular weight excluding hydrogens is 398 g/mol. The number of anilines is 2. The molecule has 0 bridgehead atoms. The quantitative estimate of drug-likeness (QED) is 0.502. The third-order valence-corrected chi connectivity index (χ3v) is 3.65. The summed E-state index contributed by atoms with van der Waals surface area (Å²) in [5.41, 5.74) is 1.61. The lowest BCUT2D eigenvalue weighted by Crippen LogP contribution is -2.29. The van der Waals surface area contributed by atoms with Crippen LogP contribution in [0.2, 0.25) is 0 Å². The number of rotatable bonds is 8. The van der Waals surface area contributed by atoms with Crippen molar-refractivity contribution in [3.05, 3.63) is 60.2 Å². The van der Waals surface area contributed by atoms with E-state index in [-0.39, 0.29) is 11.7 Å². The largest absolute Gasteiger partial charge is 0.449 e. The lowest BCUT2D eigenvalue weighted by Gasteiger charge is -2.12. The van der Waals surface area contributed by atoms with Crippen LogP contribution in [0.1, 0.15) is 19.4 Å². The highest BCUT2D eigenvalue weighted by Crippen LogP contribution is 2.16. The summed E-state index contributed by atoms with van der Waals surface area (Å²) in [6.45, 7) is -0.107. The van der Waals surface area contributed by atoms with E-state index in [1.165, 1.54) is 44.2 Å². The summed E-state index contributed by atoms with van der Waals surface area (Å²) >= 11 is 0. The maximum Gasteiger partial charge on any atom is 0.387 e. The monoisotopic (exact) mass is 418 g/mol. The van der Waals surface area contributed by atoms with E-state index < -0.39 is 24.6 Å². The first kappa shape index (κ1) is 22.5. The lowest BCUT2D eigenvalue weighted by atomic mass is 10.2. The lowest BCUT2D eigenvalue weighted by molar-refractivity contribution is -0.148. The Labute approximate surface area is 171 Å². The molecule has 2 aromatic rings. The molecular formula is C21H20F2N2O5. The van der Waals surface area contributed by atoms with Gasteiger partial charge in [0, 0.05) is 24.4 Å². The molecule has 0 saturated carbocycles. The molecule has 0 aliphatic rings. The first-order chi connectivity index (χ1) is 14.2. The van der Waals surface area contributed by atoms with Gasteiger partial charge in [0.2, 0.25) is 5.91 Å². The number of halogens is 2. The van der Waals surface area contributed by atoms with Gasteiger partial charge in [-0.2, -0.15) is 8.78 Å². The van der Waals surface area contributed by atoms with E-state index in [0.717, 1.165) is 6.08 Å². The molecule has 0 aliphatic carbocycles. The van der Waals surface area contributed by atoms with Crippen LogP contribution in [-0.4, -0.2) is 30.5 Å². The predicted octanol–water partition coefficient (Wildman–Crippen LogP) is 3.83. The van der Waals surface area contributed by atoms with E-state index >= 15 is 0 Å².